The van der Waals surface area contributed by atoms with Crippen LogP contribution in [0.1, 0.15) is 19.8 Å². The van der Waals surface area contributed by atoms with Crippen LogP contribution in [0.4, 0.5) is 11.8 Å². The van der Waals surface area contributed by atoms with Gasteiger partial charge >= 0.3 is 0 Å². The quantitative estimate of drug-likeness (QED) is 0.492. The van der Waals surface area contributed by atoms with E-state index in [1.165, 1.54) is 27.1 Å². The van der Waals surface area contributed by atoms with Crippen molar-refractivity contribution in [3.63, 3.8) is 0 Å². The van der Waals surface area contributed by atoms with Gasteiger partial charge in [0.05, 0.1) is 30.0 Å². The maximum atomic E-state index is 6.54. The maximum absolute atomic E-state index is 6.54. The summed E-state index contributed by atoms with van der Waals surface area (Å²) < 4.78 is 15.7. The second-order valence-corrected chi connectivity index (χ2v) is 7.63. The molecule has 0 atom stereocenters. The van der Waals surface area contributed by atoms with Crippen molar-refractivity contribution in [3.05, 3.63) is 28.4 Å². The maximum Gasteiger partial charge on any atom is 0.223 e. The summed E-state index contributed by atoms with van der Waals surface area (Å²) in [6.07, 6.45) is 4.28. The molecular weight excluding hydrogens is 453 g/mol. The third kappa shape index (κ3) is 5.26. The molecular formula is C22H27Cl2N5O3. The molecule has 0 amide bonds. The molecule has 1 aromatic carbocycles. The van der Waals surface area contributed by atoms with Crippen molar-refractivity contribution in [2.45, 2.75) is 19.8 Å². The lowest BCUT2D eigenvalue weighted by molar-refractivity contribution is 0.198. The van der Waals surface area contributed by atoms with Crippen LogP contribution in [0.2, 0.25) is 10.0 Å². The van der Waals surface area contributed by atoms with Gasteiger partial charge in [-0.1, -0.05) is 23.2 Å². The number of fused-ring (bicyclic) bond motifs is 1. The van der Waals surface area contributed by atoms with E-state index in [0.29, 0.717) is 56.6 Å². The van der Waals surface area contributed by atoms with Crippen LogP contribution in [0.15, 0.2) is 18.3 Å². The fourth-order valence-corrected chi connectivity index (χ4v) is 3.89. The first kappa shape index (κ1) is 24.1. The van der Waals surface area contributed by atoms with E-state index in [9.17, 15) is 0 Å². The first-order valence-corrected chi connectivity index (χ1v) is 11.1. The number of halogens is 2. The Balaban J connectivity index is 0.000000509. The molecule has 2 aromatic heterocycles. The number of rotatable bonds is 6. The average Bonchev–Trinajstić information content (AvgIpc) is 3.40. The predicted molar refractivity (Wildman–Crippen MR) is 130 cm³/mol. The van der Waals surface area contributed by atoms with Gasteiger partial charge in [0.1, 0.15) is 17.0 Å². The monoisotopic (exact) mass is 479 g/mol. The molecule has 32 heavy (non-hydrogen) atoms. The molecule has 3 heterocycles. The number of anilines is 2. The summed E-state index contributed by atoms with van der Waals surface area (Å²) in [6.45, 7) is 4.65. The topological polar surface area (TPSA) is 90.4 Å². The van der Waals surface area contributed by atoms with E-state index in [-0.39, 0.29) is 0 Å². The SMILES string of the molecule is C1CCOC1.CCNc1nc(-c2c(Cl)c(OC)cc(OC)c2Cl)cc2cnc(NC)nc12. The van der Waals surface area contributed by atoms with Crippen molar-refractivity contribution in [1.29, 1.82) is 0 Å². The van der Waals surface area contributed by atoms with Crippen LogP contribution in [-0.2, 0) is 4.74 Å². The Labute approximate surface area is 197 Å². The number of methoxy groups -OCH3 is 2. The zero-order valence-corrected chi connectivity index (χ0v) is 20.1. The Morgan fingerprint density at radius 1 is 1.03 bits per heavy atom. The van der Waals surface area contributed by atoms with Gasteiger partial charge in [0, 0.05) is 50.0 Å². The number of hydrogen-bond donors (Lipinski definition) is 2. The van der Waals surface area contributed by atoms with Gasteiger partial charge in [-0.2, -0.15) is 0 Å². The highest BCUT2D eigenvalue weighted by atomic mass is 35.5. The summed E-state index contributed by atoms with van der Waals surface area (Å²) in [4.78, 5) is 13.5. The fourth-order valence-electron chi connectivity index (χ4n) is 3.20. The Hall–Kier alpha value is -2.55. The molecule has 172 valence electrons. The first-order chi connectivity index (χ1) is 15.5. The lowest BCUT2D eigenvalue weighted by Gasteiger charge is -2.16. The summed E-state index contributed by atoms with van der Waals surface area (Å²) in [5.74, 6) is 2.01. The van der Waals surface area contributed by atoms with Crippen molar-refractivity contribution in [1.82, 2.24) is 15.0 Å². The Bertz CT molecular complexity index is 1040. The van der Waals surface area contributed by atoms with Gasteiger partial charge in [0.25, 0.3) is 0 Å². The normalized spacial score (nSPS) is 12.8. The summed E-state index contributed by atoms with van der Waals surface area (Å²) in [6, 6.07) is 3.48. The molecule has 0 bridgehead atoms. The Kier molecular flexibility index (Phi) is 8.55. The van der Waals surface area contributed by atoms with Crippen LogP contribution in [0.5, 0.6) is 11.5 Å². The van der Waals surface area contributed by atoms with Gasteiger partial charge in [0.15, 0.2) is 5.82 Å². The molecule has 8 nitrogen and oxygen atoms in total. The molecule has 1 aliphatic heterocycles. The lowest BCUT2D eigenvalue weighted by atomic mass is 10.1. The van der Waals surface area contributed by atoms with Crippen molar-refractivity contribution in [3.8, 4) is 22.8 Å². The van der Waals surface area contributed by atoms with E-state index in [1.54, 1.807) is 19.3 Å². The Morgan fingerprint density at radius 3 is 2.19 bits per heavy atom. The second kappa shape index (κ2) is 11.4. The number of aromatic nitrogens is 3. The van der Waals surface area contributed by atoms with Gasteiger partial charge in [-0.05, 0) is 25.8 Å². The van der Waals surface area contributed by atoms with Crippen molar-refractivity contribution in [2.75, 3.05) is 51.7 Å². The van der Waals surface area contributed by atoms with Gasteiger partial charge < -0.3 is 24.8 Å². The number of pyridine rings is 1. The van der Waals surface area contributed by atoms with Crippen molar-refractivity contribution >= 4 is 45.9 Å². The van der Waals surface area contributed by atoms with E-state index in [0.717, 1.165) is 18.6 Å². The number of nitrogens with zero attached hydrogens (tertiary/aromatic N) is 3. The van der Waals surface area contributed by atoms with Crippen LogP contribution in [-0.4, -0.2) is 56.0 Å². The fraction of sp³-hybridized carbons (Fsp3) is 0.409. The summed E-state index contributed by atoms with van der Waals surface area (Å²) in [7, 11) is 4.82. The molecule has 3 aromatic rings. The number of ether oxygens (including phenoxy) is 3. The number of hydrogen-bond acceptors (Lipinski definition) is 8. The molecule has 0 radical (unpaired) electrons. The van der Waals surface area contributed by atoms with E-state index >= 15 is 0 Å². The van der Waals surface area contributed by atoms with Gasteiger partial charge in [-0.25, -0.2) is 15.0 Å². The van der Waals surface area contributed by atoms with Crippen LogP contribution in [0, 0.1) is 0 Å². The summed E-state index contributed by atoms with van der Waals surface area (Å²) in [5.41, 5.74) is 1.78. The van der Waals surface area contributed by atoms with Crippen LogP contribution in [0.25, 0.3) is 22.2 Å². The summed E-state index contributed by atoms with van der Waals surface area (Å²) >= 11 is 13.1. The molecule has 0 saturated carbocycles. The van der Waals surface area contributed by atoms with Crippen LogP contribution >= 0.6 is 23.2 Å². The molecule has 0 spiro atoms. The molecule has 4 rings (SSSR count). The van der Waals surface area contributed by atoms with Crippen LogP contribution < -0.4 is 20.1 Å². The minimum absolute atomic E-state index is 0.352. The Morgan fingerprint density at radius 2 is 1.69 bits per heavy atom. The van der Waals surface area contributed by atoms with E-state index in [1.807, 2.05) is 13.0 Å². The average molecular weight is 480 g/mol. The molecule has 1 aliphatic rings. The minimum Gasteiger partial charge on any atom is -0.495 e. The molecule has 0 unspecified atom stereocenters. The predicted octanol–water partition coefficient (Wildman–Crippen LogP) is 5.29. The third-order valence-corrected chi connectivity index (χ3v) is 5.54. The van der Waals surface area contributed by atoms with Gasteiger partial charge in [-0.3, -0.25) is 0 Å². The van der Waals surface area contributed by atoms with E-state index in [2.05, 4.69) is 20.6 Å². The highest BCUT2D eigenvalue weighted by Crippen LogP contribution is 2.46. The lowest BCUT2D eigenvalue weighted by Crippen LogP contribution is -2.05. The molecule has 1 fully saturated rings. The zero-order chi connectivity index (χ0) is 23.1. The smallest absolute Gasteiger partial charge is 0.223 e. The largest absolute Gasteiger partial charge is 0.495 e. The second-order valence-electron chi connectivity index (χ2n) is 6.87. The van der Waals surface area contributed by atoms with Crippen molar-refractivity contribution in [2.24, 2.45) is 0 Å². The highest BCUT2D eigenvalue weighted by molar-refractivity contribution is 6.41. The molecule has 2 N–H and O–H groups in total. The number of nitrogens with one attached hydrogen (secondary N) is 2. The van der Waals surface area contributed by atoms with Gasteiger partial charge in [0.2, 0.25) is 5.95 Å². The highest BCUT2D eigenvalue weighted by Gasteiger charge is 2.21. The van der Waals surface area contributed by atoms with E-state index < -0.39 is 0 Å². The standard InChI is InChI=1S/C18H19Cl2N5O2.C4H8O/c1-5-22-17-16-9(8-23-18(21-2)25-16)6-10(24-17)13-14(19)11(26-3)7-12(27-4)15(13)20;1-2-4-5-3-1/h6-8H,5H2,1-4H3,(H,22,24)(H,21,23,25);1-4H2. The first-order valence-electron chi connectivity index (χ1n) is 10.3. The molecule has 10 heteroatoms. The van der Waals surface area contributed by atoms with E-state index in [4.69, 9.17) is 42.4 Å². The van der Waals surface area contributed by atoms with Crippen LogP contribution in [0.3, 0.4) is 0 Å². The minimum atomic E-state index is 0.352. The summed E-state index contributed by atoms with van der Waals surface area (Å²) in [5, 5.41) is 7.66. The molecule has 1 saturated heterocycles. The van der Waals surface area contributed by atoms with Gasteiger partial charge in [-0.15, -0.1) is 0 Å². The number of benzene rings is 1. The zero-order valence-electron chi connectivity index (χ0n) is 18.6. The third-order valence-electron chi connectivity index (χ3n) is 4.79. The molecule has 0 aliphatic carbocycles. The van der Waals surface area contributed by atoms with Crippen molar-refractivity contribution < 1.29 is 14.2 Å².